The van der Waals surface area contributed by atoms with Gasteiger partial charge in [-0.05, 0) is 10.8 Å². The van der Waals surface area contributed by atoms with Gasteiger partial charge in [0.05, 0.1) is 25.3 Å². The monoisotopic (exact) mass is 312 g/mol. The predicted octanol–water partition coefficient (Wildman–Crippen LogP) is 3.92. The van der Waals surface area contributed by atoms with Crippen LogP contribution < -0.4 is 0 Å². The average Bonchev–Trinajstić information content (AvgIpc) is 2.76. The van der Waals surface area contributed by atoms with E-state index in [-0.39, 0.29) is 10.8 Å². The first-order chi connectivity index (χ1) is 9.45. The van der Waals surface area contributed by atoms with Crippen LogP contribution in [0.15, 0.2) is 0 Å². The fourth-order valence-electron chi connectivity index (χ4n) is 2.08. The number of ether oxygens (including phenoxy) is 2. The van der Waals surface area contributed by atoms with Gasteiger partial charge in [-0.2, -0.15) is 0 Å². The van der Waals surface area contributed by atoms with E-state index in [4.69, 9.17) is 9.47 Å². The lowest BCUT2D eigenvalue weighted by atomic mass is 9.86. The smallest absolute Gasteiger partial charge is 0.339 e. The molecule has 118 valence electrons. The lowest BCUT2D eigenvalue weighted by molar-refractivity contribution is 0.0553. The van der Waals surface area contributed by atoms with Crippen LogP contribution in [0.5, 0.6) is 0 Å². The predicted molar refractivity (Wildman–Crippen MR) is 84.4 cm³/mol. The first-order valence-corrected chi connectivity index (χ1v) is 7.61. The van der Waals surface area contributed by atoms with Gasteiger partial charge in [0.15, 0.2) is 0 Å². The third kappa shape index (κ3) is 3.46. The molecule has 0 fully saturated rings. The zero-order valence-electron chi connectivity index (χ0n) is 14.0. The fourth-order valence-corrected chi connectivity index (χ4v) is 3.47. The number of thiophene rings is 1. The van der Waals surface area contributed by atoms with Gasteiger partial charge in [-0.1, -0.05) is 41.5 Å². The van der Waals surface area contributed by atoms with Crippen molar-refractivity contribution in [2.45, 2.75) is 52.4 Å². The Balaban J connectivity index is 3.82. The van der Waals surface area contributed by atoms with Crippen molar-refractivity contribution in [1.29, 1.82) is 0 Å². The molecule has 0 aliphatic heterocycles. The van der Waals surface area contributed by atoms with Crippen LogP contribution in [0.4, 0.5) is 0 Å². The molecular weight excluding hydrogens is 288 g/mol. The van der Waals surface area contributed by atoms with Gasteiger partial charge in [-0.25, -0.2) is 9.59 Å². The molecule has 1 aromatic heterocycles. The fraction of sp³-hybridized carbons (Fsp3) is 0.625. The maximum atomic E-state index is 12.2. The maximum absolute atomic E-state index is 12.2. The van der Waals surface area contributed by atoms with E-state index in [0.29, 0.717) is 11.1 Å². The Bertz CT molecular complexity index is 508. The molecule has 1 rings (SSSR count). The summed E-state index contributed by atoms with van der Waals surface area (Å²) in [5, 5.41) is 0. The molecule has 0 aliphatic rings. The topological polar surface area (TPSA) is 52.6 Å². The van der Waals surface area contributed by atoms with Crippen molar-refractivity contribution in [3.05, 3.63) is 20.9 Å². The van der Waals surface area contributed by atoms with Crippen LogP contribution in [0.25, 0.3) is 0 Å². The second-order valence-corrected chi connectivity index (χ2v) is 8.01. The summed E-state index contributed by atoms with van der Waals surface area (Å²) in [5.41, 5.74) is 0.152. The third-order valence-corrected chi connectivity index (χ3v) is 5.09. The highest BCUT2D eigenvalue weighted by Gasteiger charge is 2.37. The van der Waals surface area contributed by atoms with E-state index in [1.165, 1.54) is 25.6 Å². The van der Waals surface area contributed by atoms with Crippen molar-refractivity contribution < 1.29 is 19.1 Å². The van der Waals surface area contributed by atoms with E-state index < -0.39 is 11.9 Å². The molecule has 0 atom stereocenters. The number of esters is 2. The van der Waals surface area contributed by atoms with E-state index in [2.05, 4.69) is 0 Å². The van der Waals surface area contributed by atoms with Crippen LogP contribution in [0.3, 0.4) is 0 Å². The van der Waals surface area contributed by atoms with Crippen molar-refractivity contribution in [3.63, 3.8) is 0 Å². The molecule has 5 heteroatoms. The van der Waals surface area contributed by atoms with Crippen LogP contribution in [0, 0.1) is 0 Å². The number of hydrogen-bond donors (Lipinski definition) is 0. The van der Waals surface area contributed by atoms with E-state index in [9.17, 15) is 9.59 Å². The summed E-state index contributed by atoms with van der Waals surface area (Å²) in [6.07, 6.45) is 0. The van der Waals surface area contributed by atoms with Gasteiger partial charge < -0.3 is 9.47 Å². The first kappa shape index (κ1) is 17.7. The molecule has 0 aliphatic carbocycles. The zero-order chi connectivity index (χ0) is 16.6. The lowest BCUT2D eigenvalue weighted by Crippen LogP contribution is -2.20. The van der Waals surface area contributed by atoms with E-state index >= 15 is 0 Å². The summed E-state index contributed by atoms with van der Waals surface area (Å²) in [4.78, 5) is 26.2. The number of methoxy groups -OCH3 is 2. The molecule has 1 heterocycles. The van der Waals surface area contributed by atoms with Gasteiger partial charge in [0.25, 0.3) is 0 Å². The molecular formula is C16H24O4S. The first-order valence-electron chi connectivity index (χ1n) is 6.79. The molecule has 1 aromatic rings. The van der Waals surface area contributed by atoms with Crippen molar-refractivity contribution in [3.8, 4) is 0 Å². The van der Waals surface area contributed by atoms with E-state index in [1.807, 2.05) is 41.5 Å². The van der Waals surface area contributed by atoms with Crippen molar-refractivity contribution >= 4 is 23.3 Å². The molecule has 0 saturated heterocycles. The summed E-state index contributed by atoms with van der Waals surface area (Å²) in [6.45, 7) is 12.1. The number of rotatable bonds is 2. The van der Waals surface area contributed by atoms with Crippen LogP contribution >= 0.6 is 11.3 Å². The molecule has 4 nitrogen and oxygen atoms in total. The van der Waals surface area contributed by atoms with Crippen LogP contribution in [-0.2, 0) is 20.3 Å². The van der Waals surface area contributed by atoms with Crippen molar-refractivity contribution in [2.24, 2.45) is 0 Å². The highest BCUT2D eigenvalue weighted by molar-refractivity contribution is 7.13. The molecule has 0 radical (unpaired) electrons. The molecule has 0 amide bonds. The molecule has 0 N–H and O–H groups in total. The second kappa shape index (κ2) is 5.79. The lowest BCUT2D eigenvalue weighted by Gasteiger charge is -2.19. The van der Waals surface area contributed by atoms with Gasteiger partial charge in [0.2, 0.25) is 0 Å². The Kier molecular flexibility index (Phi) is 4.88. The van der Waals surface area contributed by atoms with Crippen molar-refractivity contribution in [2.75, 3.05) is 14.2 Å². The largest absolute Gasteiger partial charge is 0.465 e. The zero-order valence-corrected chi connectivity index (χ0v) is 14.9. The molecule has 0 bridgehead atoms. The number of hydrogen-bond acceptors (Lipinski definition) is 5. The second-order valence-electron chi connectivity index (χ2n) is 6.99. The highest BCUT2D eigenvalue weighted by Crippen LogP contribution is 2.43. The summed E-state index contributed by atoms with van der Waals surface area (Å²) < 4.78 is 9.79. The van der Waals surface area contributed by atoms with Gasteiger partial charge >= 0.3 is 11.9 Å². The minimum absolute atomic E-state index is 0.263. The standard InChI is InChI=1S/C16H24O4S/c1-15(2,3)11-9(13(17)19-7)10(14(18)20-8)12(21-11)16(4,5)6/h1-8H3. The SMILES string of the molecule is COC(=O)c1c(C(C)(C)C)sc(C(C)(C)C)c1C(=O)OC. The normalized spacial score (nSPS) is 12.2. The summed E-state index contributed by atoms with van der Waals surface area (Å²) in [6, 6.07) is 0. The van der Waals surface area contributed by atoms with Gasteiger partial charge in [-0.3, -0.25) is 0 Å². The van der Waals surface area contributed by atoms with Gasteiger partial charge in [0.1, 0.15) is 0 Å². The minimum atomic E-state index is -0.493. The van der Waals surface area contributed by atoms with Crippen LogP contribution in [-0.4, -0.2) is 26.2 Å². The van der Waals surface area contributed by atoms with E-state index in [1.54, 1.807) is 0 Å². The summed E-state index contributed by atoms with van der Waals surface area (Å²) >= 11 is 1.49. The average molecular weight is 312 g/mol. The maximum Gasteiger partial charge on any atom is 0.339 e. The minimum Gasteiger partial charge on any atom is -0.465 e. The summed E-state index contributed by atoms with van der Waals surface area (Å²) in [7, 11) is 2.65. The Morgan fingerprint density at radius 1 is 0.762 bits per heavy atom. The van der Waals surface area contributed by atoms with E-state index in [0.717, 1.165) is 9.75 Å². The van der Waals surface area contributed by atoms with Crippen molar-refractivity contribution in [1.82, 2.24) is 0 Å². The van der Waals surface area contributed by atoms with Gasteiger partial charge in [0, 0.05) is 9.75 Å². The Morgan fingerprint density at radius 3 is 1.24 bits per heavy atom. The van der Waals surface area contributed by atoms with Crippen LogP contribution in [0.2, 0.25) is 0 Å². The Morgan fingerprint density at radius 2 is 1.05 bits per heavy atom. The summed E-state index contributed by atoms with van der Waals surface area (Å²) in [5.74, 6) is -0.987. The highest BCUT2D eigenvalue weighted by atomic mass is 32.1. The third-order valence-electron chi connectivity index (χ3n) is 3.05. The Labute approximate surface area is 130 Å². The molecule has 21 heavy (non-hydrogen) atoms. The Hall–Kier alpha value is -1.36. The molecule has 0 unspecified atom stereocenters. The van der Waals surface area contributed by atoms with Crippen LogP contribution in [0.1, 0.15) is 72.0 Å². The molecule has 0 spiro atoms. The quantitative estimate of drug-likeness (QED) is 0.777. The number of carbonyl (C=O) groups is 2. The van der Waals surface area contributed by atoms with Gasteiger partial charge in [-0.15, -0.1) is 11.3 Å². The molecule has 0 saturated carbocycles. The molecule has 0 aromatic carbocycles. The number of carbonyl (C=O) groups excluding carboxylic acids is 2.